The number of hydrogen-bond donors (Lipinski definition) is 1. The van der Waals surface area contributed by atoms with Crippen molar-refractivity contribution in [3.63, 3.8) is 0 Å². The Balaban J connectivity index is 2.29. The molecule has 0 aliphatic heterocycles. The number of rotatable bonds is 3. The van der Waals surface area contributed by atoms with Crippen LogP contribution in [0.25, 0.3) is 0 Å². The van der Waals surface area contributed by atoms with Gasteiger partial charge in [0.25, 0.3) is 0 Å². The number of nitrogens with two attached hydrogens (primary N) is 1. The quantitative estimate of drug-likeness (QED) is 0.769. The van der Waals surface area contributed by atoms with Crippen molar-refractivity contribution >= 4 is 5.97 Å². The smallest absolute Gasteiger partial charge is 0.323 e. The van der Waals surface area contributed by atoms with Crippen LogP contribution in [0.2, 0.25) is 0 Å². The topological polar surface area (TPSA) is 65.2 Å². The summed E-state index contributed by atoms with van der Waals surface area (Å²) in [4.78, 5) is 15.6. The van der Waals surface area contributed by atoms with Gasteiger partial charge >= 0.3 is 5.97 Å². The fourth-order valence-electron chi connectivity index (χ4n) is 2.12. The number of ether oxygens (including phenoxy) is 1. The molecule has 1 aromatic heterocycles. The molecule has 1 aliphatic rings. The maximum atomic E-state index is 11.5. The SMILES string of the molecule is COC(=O)C(N)C1(c2ccnc(C)c2)CC1. The van der Waals surface area contributed by atoms with E-state index in [1.165, 1.54) is 7.11 Å². The van der Waals surface area contributed by atoms with Gasteiger partial charge in [-0.05, 0) is 37.5 Å². The van der Waals surface area contributed by atoms with E-state index in [1.54, 1.807) is 6.20 Å². The number of pyridine rings is 1. The van der Waals surface area contributed by atoms with E-state index in [9.17, 15) is 4.79 Å². The summed E-state index contributed by atoms with van der Waals surface area (Å²) in [6.07, 6.45) is 3.63. The minimum absolute atomic E-state index is 0.221. The largest absolute Gasteiger partial charge is 0.468 e. The van der Waals surface area contributed by atoms with Crippen LogP contribution in [0.15, 0.2) is 18.3 Å². The number of carbonyl (C=O) groups is 1. The molecule has 0 spiro atoms. The average molecular weight is 220 g/mol. The molecule has 1 aromatic rings. The first kappa shape index (κ1) is 11.1. The summed E-state index contributed by atoms with van der Waals surface area (Å²) < 4.78 is 4.71. The third kappa shape index (κ3) is 1.69. The van der Waals surface area contributed by atoms with Crippen LogP contribution in [0, 0.1) is 6.92 Å². The lowest BCUT2D eigenvalue weighted by Crippen LogP contribution is -2.42. The second-order valence-corrected chi connectivity index (χ2v) is 4.34. The molecular weight excluding hydrogens is 204 g/mol. The van der Waals surface area contributed by atoms with Crippen LogP contribution < -0.4 is 5.73 Å². The first-order valence-electron chi connectivity index (χ1n) is 5.37. The molecule has 1 fully saturated rings. The highest BCUT2D eigenvalue weighted by Crippen LogP contribution is 2.50. The van der Waals surface area contributed by atoms with Crippen LogP contribution in [0.4, 0.5) is 0 Å². The van der Waals surface area contributed by atoms with Crippen molar-refractivity contribution in [2.24, 2.45) is 5.73 Å². The Labute approximate surface area is 94.8 Å². The van der Waals surface area contributed by atoms with Crippen LogP contribution in [0.1, 0.15) is 24.1 Å². The molecule has 1 aliphatic carbocycles. The van der Waals surface area contributed by atoms with Gasteiger partial charge in [0, 0.05) is 17.3 Å². The molecule has 0 saturated heterocycles. The number of aromatic nitrogens is 1. The van der Waals surface area contributed by atoms with Crippen molar-refractivity contribution in [3.05, 3.63) is 29.6 Å². The molecule has 0 radical (unpaired) electrons. The first-order valence-corrected chi connectivity index (χ1v) is 5.37. The molecule has 4 heteroatoms. The van der Waals surface area contributed by atoms with Crippen molar-refractivity contribution in [1.82, 2.24) is 4.98 Å². The lowest BCUT2D eigenvalue weighted by Gasteiger charge is -2.21. The molecular formula is C12H16N2O2. The van der Waals surface area contributed by atoms with E-state index in [0.29, 0.717) is 0 Å². The monoisotopic (exact) mass is 220 g/mol. The number of methoxy groups -OCH3 is 1. The van der Waals surface area contributed by atoms with Crippen molar-refractivity contribution in [3.8, 4) is 0 Å². The zero-order chi connectivity index (χ0) is 11.8. The molecule has 1 saturated carbocycles. The molecule has 0 aromatic carbocycles. The number of carbonyl (C=O) groups excluding carboxylic acids is 1. The standard InChI is InChI=1S/C12H16N2O2/c1-8-7-9(3-6-14-8)12(4-5-12)10(13)11(15)16-2/h3,6-7,10H,4-5,13H2,1-2H3. The maximum Gasteiger partial charge on any atom is 0.323 e. The summed E-state index contributed by atoms with van der Waals surface area (Å²) in [5.41, 5.74) is 7.77. The van der Waals surface area contributed by atoms with Gasteiger partial charge in [-0.25, -0.2) is 0 Å². The van der Waals surface area contributed by atoms with Gasteiger partial charge in [-0.3, -0.25) is 9.78 Å². The third-order valence-corrected chi connectivity index (χ3v) is 3.31. The van der Waals surface area contributed by atoms with Gasteiger partial charge < -0.3 is 10.5 Å². The molecule has 4 nitrogen and oxygen atoms in total. The van der Waals surface area contributed by atoms with Gasteiger partial charge in [0.1, 0.15) is 6.04 Å². The molecule has 16 heavy (non-hydrogen) atoms. The molecule has 1 atom stereocenters. The maximum absolute atomic E-state index is 11.5. The van der Waals surface area contributed by atoms with Crippen LogP contribution >= 0.6 is 0 Å². The minimum Gasteiger partial charge on any atom is -0.468 e. The predicted octanol–water partition coefficient (Wildman–Crippen LogP) is 0.922. The highest BCUT2D eigenvalue weighted by Gasteiger charge is 2.52. The van der Waals surface area contributed by atoms with Gasteiger partial charge in [0.05, 0.1) is 7.11 Å². The second kappa shape index (κ2) is 3.87. The number of hydrogen-bond acceptors (Lipinski definition) is 4. The molecule has 1 unspecified atom stereocenters. The zero-order valence-electron chi connectivity index (χ0n) is 9.56. The van der Waals surface area contributed by atoms with Gasteiger partial charge in [0.2, 0.25) is 0 Å². The predicted molar refractivity (Wildman–Crippen MR) is 59.9 cm³/mol. The first-order chi connectivity index (χ1) is 7.60. The summed E-state index contributed by atoms with van der Waals surface area (Å²) in [5, 5.41) is 0. The highest BCUT2D eigenvalue weighted by atomic mass is 16.5. The Bertz CT molecular complexity index is 413. The normalized spacial score (nSPS) is 18.9. The van der Waals surface area contributed by atoms with E-state index in [-0.39, 0.29) is 11.4 Å². The summed E-state index contributed by atoms with van der Waals surface area (Å²) >= 11 is 0. The van der Waals surface area contributed by atoms with Gasteiger partial charge in [0.15, 0.2) is 0 Å². The molecule has 2 N–H and O–H groups in total. The van der Waals surface area contributed by atoms with Crippen LogP contribution in [0.3, 0.4) is 0 Å². The number of esters is 1. The zero-order valence-corrected chi connectivity index (χ0v) is 9.56. The second-order valence-electron chi connectivity index (χ2n) is 4.34. The van der Waals surface area contributed by atoms with Gasteiger partial charge in [-0.15, -0.1) is 0 Å². The van der Waals surface area contributed by atoms with Crippen molar-refractivity contribution in [2.45, 2.75) is 31.2 Å². The Morgan fingerprint density at radius 1 is 1.62 bits per heavy atom. The minimum atomic E-state index is -0.570. The van der Waals surface area contributed by atoms with Crippen LogP contribution in [-0.2, 0) is 14.9 Å². The van der Waals surface area contributed by atoms with E-state index >= 15 is 0 Å². The molecule has 1 heterocycles. The van der Waals surface area contributed by atoms with Gasteiger partial charge in [-0.2, -0.15) is 0 Å². The van der Waals surface area contributed by atoms with Gasteiger partial charge in [-0.1, -0.05) is 0 Å². The van der Waals surface area contributed by atoms with E-state index < -0.39 is 6.04 Å². The Hall–Kier alpha value is -1.42. The van der Waals surface area contributed by atoms with Crippen molar-refractivity contribution in [1.29, 1.82) is 0 Å². The summed E-state index contributed by atoms with van der Waals surface area (Å²) in [5.74, 6) is -0.341. The average Bonchev–Trinajstić information content (AvgIpc) is 3.08. The fourth-order valence-corrected chi connectivity index (χ4v) is 2.12. The summed E-state index contributed by atoms with van der Waals surface area (Å²) in [6.45, 7) is 1.93. The Morgan fingerprint density at radius 3 is 2.81 bits per heavy atom. The number of aryl methyl sites for hydroxylation is 1. The van der Waals surface area contributed by atoms with E-state index in [4.69, 9.17) is 10.5 Å². The molecule has 86 valence electrons. The number of nitrogens with zero attached hydrogens (tertiary/aromatic N) is 1. The lowest BCUT2D eigenvalue weighted by molar-refractivity contribution is -0.143. The molecule has 2 rings (SSSR count). The Morgan fingerprint density at radius 2 is 2.31 bits per heavy atom. The van der Waals surface area contributed by atoms with Crippen molar-refractivity contribution in [2.75, 3.05) is 7.11 Å². The highest BCUT2D eigenvalue weighted by molar-refractivity contribution is 5.78. The van der Waals surface area contributed by atoms with E-state index in [1.807, 2.05) is 19.1 Å². The lowest BCUT2D eigenvalue weighted by atomic mass is 9.89. The summed E-state index contributed by atoms with van der Waals surface area (Å²) in [6, 6.07) is 3.36. The van der Waals surface area contributed by atoms with Crippen LogP contribution in [-0.4, -0.2) is 24.1 Å². The fraction of sp³-hybridized carbons (Fsp3) is 0.500. The van der Waals surface area contributed by atoms with E-state index in [2.05, 4.69) is 4.98 Å². The van der Waals surface area contributed by atoms with Crippen LogP contribution in [0.5, 0.6) is 0 Å². The Kier molecular flexibility index (Phi) is 2.68. The van der Waals surface area contributed by atoms with Crippen molar-refractivity contribution < 1.29 is 9.53 Å². The molecule has 0 amide bonds. The summed E-state index contributed by atoms with van der Waals surface area (Å²) in [7, 11) is 1.37. The molecule has 0 bridgehead atoms. The van der Waals surface area contributed by atoms with E-state index in [0.717, 1.165) is 24.1 Å². The third-order valence-electron chi connectivity index (χ3n) is 3.31.